The number of aromatic nitrogens is 3. The third-order valence-corrected chi connectivity index (χ3v) is 5.80. The number of rotatable bonds is 6. The number of hydrogen-bond donors (Lipinski definition) is 1. The van der Waals surface area contributed by atoms with Gasteiger partial charge >= 0.3 is 0 Å². The highest BCUT2D eigenvalue weighted by Gasteiger charge is 2.16. The molecule has 1 fully saturated rings. The van der Waals surface area contributed by atoms with Crippen molar-refractivity contribution in [1.29, 1.82) is 0 Å². The van der Waals surface area contributed by atoms with Crippen LogP contribution in [0.25, 0.3) is 16.9 Å². The zero-order valence-corrected chi connectivity index (χ0v) is 17.4. The van der Waals surface area contributed by atoms with Crippen LogP contribution >= 0.6 is 0 Å². The van der Waals surface area contributed by atoms with Crippen LogP contribution in [-0.4, -0.2) is 38.5 Å². The van der Waals surface area contributed by atoms with Crippen LogP contribution in [-0.2, 0) is 13.1 Å². The van der Waals surface area contributed by atoms with Gasteiger partial charge in [-0.1, -0.05) is 54.6 Å². The normalized spacial score (nSPS) is 14.2. The Bertz CT molecular complexity index is 1180. The van der Waals surface area contributed by atoms with E-state index in [1.165, 1.54) is 31.5 Å². The second kappa shape index (κ2) is 8.70. The number of nitrogens with zero attached hydrogens (tertiary/aromatic N) is 4. The van der Waals surface area contributed by atoms with Gasteiger partial charge in [0.25, 0.3) is 5.91 Å². The molecule has 156 valence electrons. The first-order chi connectivity index (χ1) is 15.3. The van der Waals surface area contributed by atoms with Crippen LogP contribution in [0.15, 0.2) is 73.1 Å². The maximum Gasteiger partial charge on any atom is 0.257 e. The fourth-order valence-corrected chi connectivity index (χ4v) is 4.12. The molecule has 31 heavy (non-hydrogen) atoms. The standard InChI is InChI=1S/C25H25N5O/c31-25(27-16-19-8-10-20(11-9-19)18-29-14-4-5-15-29)22-17-28-30-23(12-13-26-24(22)30)21-6-2-1-3-7-21/h1-3,6-13,17H,4-5,14-16,18H2,(H,27,31). The molecule has 6 nitrogen and oxygen atoms in total. The zero-order valence-electron chi connectivity index (χ0n) is 17.4. The molecule has 0 bridgehead atoms. The van der Waals surface area contributed by atoms with Gasteiger partial charge in [-0.3, -0.25) is 9.69 Å². The lowest BCUT2D eigenvalue weighted by Gasteiger charge is -2.14. The number of fused-ring (bicyclic) bond motifs is 1. The van der Waals surface area contributed by atoms with Crippen LogP contribution in [0.2, 0.25) is 0 Å². The van der Waals surface area contributed by atoms with E-state index in [9.17, 15) is 4.79 Å². The van der Waals surface area contributed by atoms with E-state index >= 15 is 0 Å². The van der Waals surface area contributed by atoms with Crippen molar-refractivity contribution in [3.05, 3.63) is 89.7 Å². The number of likely N-dealkylation sites (tertiary alicyclic amines) is 1. The lowest BCUT2D eigenvalue weighted by atomic mass is 10.1. The fraction of sp³-hybridized carbons (Fsp3) is 0.240. The van der Waals surface area contributed by atoms with Crippen LogP contribution in [0.5, 0.6) is 0 Å². The minimum Gasteiger partial charge on any atom is -0.348 e. The molecule has 4 aromatic rings. The number of nitrogens with one attached hydrogen (secondary N) is 1. The highest BCUT2D eigenvalue weighted by Crippen LogP contribution is 2.20. The van der Waals surface area contributed by atoms with Crippen molar-refractivity contribution in [3.63, 3.8) is 0 Å². The summed E-state index contributed by atoms with van der Waals surface area (Å²) < 4.78 is 1.72. The molecule has 0 unspecified atom stereocenters. The second-order valence-electron chi connectivity index (χ2n) is 7.97. The summed E-state index contributed by atoms with van der Waals surface area (Å²) in [5.74, 6) is -0.172. The van der Waals surface area contributed by atoms with Crippen molar-refractivity contribution in [1.82, 2.24) is 24.8 Å². The van der Waals surface area contributed by atoms with E-state index in [1.807, 2.05) is 36.4 Å². The monoisotopic (exact) mass is 411 g/mol. The van der Waals surface area contributed by atoms with Crippen molar-refractivity contribution in [2.75, 3.05) is 13.1 Å². The number of carbonyl (C=O) groups excluding carboxylic acids is 1. The average Bonchev–Trinajstić information content (AvgIpc) is 3.49. The molecule has 0 atom stereocenters. The van der Waals surface area contributed by atoms with Gasteiger partial charge < -0.3 is 5.32 Å². The molecular formula is C25H25N5O. The van der Waals surface area contributed by atoms with Crippen LogP contribution in [0.1, 0.15) is 34.3 Å². The van der Waals surface area contributed by atoms with E-state index in [4.69, 9.17) is 0 Å². The van der Waals surface area contributed by atoms with Crippen LogP contribution in [0, 0.1) is 0 Å². The molecule has 3 heterocycles. The Morgan fingerprint density at radius 2 is 1.68 bits per heavy atom. The Kier molecular flexibility index (Phi) is 5.46. The zero-order chi connectivity index (χ0) is 21.0. The van der Waals surface area contributed by atoms with Gasteiger partial charge in [0.1, 0.15) is 5.56 Å². The van der Waals surface area contributed by atoms with Gasteiger partial charge in [-0.05, 0) is 43.1 Å². The molecule has 1 aliphatic rings. The second-order valence-corrected chi connectivity index (χ2v) is 7.97. The smallest absolute Gasteiger partial charge is 0.257 e. The molecule has 1 amide bonds. The van der Waals surface area contributed by atoms with E-state index in [-0.39, 0.29) is 5.91 Å². The maximum atomic E-state index is 12.8. The predicted octanol–water partition coefficient (Wildman–Crippen LogP) is 3.92. The summed E-state index contributed by atoms with van der Waals surface area (Å²) in [5.41, 5.74) is 5.35. The van der Waals surface area contributed by atoms with Crippen LogP contribution in [0.4, 0.5) is 0 Å². The number of benzene rings is 2. The quantitative estimate of drug-likeness (QED) is 0.522. The minimum absolute atomic E-state index is 0.172. The summed E-state index contributed by atoms with van der Waals surface area (Å²) >= 11 is 0. The predicted molar refractivity (Wildman–Crippen MR) is 121 cm³/mol. The first-order valence-corrected chi connectivity index (χ1v) is 10.7. The lowest BCUT2D eigenvalue weighted by molar-refractivity contribution is 0.0952. The number of amides is 1. The third kappa shape index (κ3) is 4.20. The van der Waals surface area contributed by atoms with Gasteiger partial charge in [0, 0.05) is 24.8 Å². The van der Waals surface area contributed by atoms with Crippen molar-refractivity contribution in [3.8, 4) is 11.3 Å². The Balaban J connectivity index is 1.27. The van der Waals surface area contributed by atoms with Gasteiger partial charge in [-0.2, -0.15) is 5.10 Å². The molecule has 2 aromatic heterocycles. The SMILES string of the molecule is O=C(NCc1ccc(CN2CCCC2)cc1)c1cnn2c(-c3ccccc3)ccnc12. The summed E-state index contributed by atoms with van der Waals surface area (Å²) in [7, 11) is 0. The number of carbonyl (C=O) groups is 1. The molecule has 6 heteroatoms. The topological polar surface area (TPSA) is 62.5 Å². The van der Waals surface area contributed by atoms with Gasteiger partial charge in [0.15, 0.2) is 5.65 Å². The van der Waals surface area contributed by atoms with Crippen molar-refractivity contribution >= 4 is 11.6 Å². The highest BCUT2D eigenvalue weighted by atomic mass is 16.1. The van der Waals surface area contributed by atoms with E-state index in [0.717, 1.165) is 23.4 Å². The van der Waals surface area contributed by atoms with Crippen molar-refractivity contribution < 1.29 is 4.79 Å². The van der Waals surface area contributed by atoms with Crippen LogP contribution in [0.3, 0.4) is 0 Å². The van der Waals surface area contributed by atoms with Gasteiger partial charge in [0.05, 0.1) is 11.9 Å². The Hall–Kier alpha value is -3.51. The van der Waals surface area contributed by atoms with Gasteiger partial charge in [-0.25, -0.2) is 9.50 Å². The average molecular weight is 412 g/mol. The van der Waals surface area contributed by atoms with Gasteiger partial charge in [-0.15, -0.1) is 0 Å². The molecule has 1 aliphatic heterocycles. The third-order valence-electron chi connectivity index (χ3n) is 5.80. The van der Waals surface area contributed by atoms with E-state index in [2.05, 4.69) is 44.6 Å². The molecule has 0 aliphatic carbocycles. The first kappa shape index (κ1) is 19.5. The van der Waals surface area contributed by atoms with Crippen molar-refractivity contribution in [2.24, 2.45) is 0 Å². The summed E-state index contributed by atoms with van der Waals surface area (Å²) in [4.78, 5) is 19.7. The molecule has 2 aromatic carbocycles. The van der Waals surface area contributed by atoms with E-state index < -0.39 is 0 Å². The molecule has 0 saturated carbocycles. The van der Waals surface area contributed by atoms with Crippen LogP contribution < -0.4 is 5.32 Å². The summed E-state index contributed by atoms with van der Waals surface area (Å²) in [5, 5.41) is 7.42. The van der Waals surface area contributed by atoms with E-state index in [0.29, 0.717) is 17.8 Å². The molecule has 1 N–H and O–H groups in total. The number of hydrogen-bond acceptors (Lipinski definition) is 4. The minimum atomic E-state index is -0.172. The molecule has 5 rings (SSSR count). The summed E-state index contributed by atoms with van der Waals surface area (Å²) in [6.45, 7) is 3.86. The lowest BCUT2D eigenvalue weighted by Crippen LogP contribution is -2.23. The van der Waals surface area contributed by atoms with Gasteiger partial charge in [0.2, 0.25) is 0 Å². The molecule has 0 spiro atoms. The van der Waals surface area contributed by atoms with E-state index in [1.54, 1.807) is 16.9 Å². The fourth-order valence-electron chi connectivity index (χ4n) is 4.12. The maximum absolute atomic E-state index is 12.8. The summed E-state index contributed by atoms with van der Waals surface area (Å²) in [6.07, 6.45) is 5.91. The molecular weight excluding hydrogens is 386 g/mol. The summed E-state index contributed by atoms with van der Waals surface area (Å²) in [6, 6.07) is 20.4. The Morgan fingerprint density at radius 3 is 2.45 bits per heavy atom. The Labute approximate surface area is 181 Å². The highest BCUT2D eigenvalue weighted by molar-refractivity contribution is 5.99. The molecule has 1 saturated heterocycles. The van der Waals surface area contributed by atoms with Crippen molar-refractivity contribution in [2.45, 2.75) is 25.9 Å². The largest absolute Gasteiger partial charge is 0.348 e. The molecule has 0 radical (unpaired) electrons. The Morgan fingerprint density at radius 1 is 0.935 bits per heavy atom. The first-order valence-electron chi connectivity index (χ1n) is 10.7.